The highest BCUT2D eigenvalue weighted by atomic mass is 19.1. The highest BCUT2D eigenvalue weighted by Crippen LogP contribution is 2.25. The van der Waals surface area contributed by atoms with Crippen molar-refractivity contribution in [2.24, 2.45) is 0 Å². The summed E-state index contributed by atoms with van der Waals surface area (Å²) in [5.41, 5.74) is 0.915. The summed E-state index contributed by atoms with van der Waals surface area (Å²) in [4.78, 5) is 50.1. The van der Waals surface area contributed by atoms with E-state index in [9.17, 15) is 23.6 Å². The van der Waals surface area contributed by atoms with E-state index in [4.69, 9.17) is 0 Å². The maximum Gasteiger partial charge on any atom is 0.261 e. The average molecular weight is 397 g/mol. The van der Waals surface area contributed by atoms with Gasteiger partial charge in [-0.25, -0.2) is 4.39 Å². The first-order chi connectivity index (χ1) is 13.8. The van der Waals surface area contributed by atoms with E-state index >= 15 is 0 Å². The molecule has 0 unspecified atom stereocenters. The van der Waals surface area contributed by atoms with Gasteiger partial charge in [-0.1, -0.05) is 6.07 Å². The van der Waals surface area contributed by atoms with Crippen molar-refractivity contribution < 1.29 is 23.6 Å². The monoisotopic (exact) mass is 397 g/mol. The van der Waals surface area contributed by atoms with E-state index in [-0.39, 0.29) is 47.3 Å². The predicted molar refractivity (Wildman–Crippen MR) is 103 cm³/mol. The fourth-order valence-corrected chi connectivity index (χ4v) is 3.06. The molecule has 2 aromatic carbocycles. The van der Waals surface area contributed by atoms with Crippen LogP contribution in [0, 0.1) is 5.82 Å². The van der Waals surface area contributed by atoms with Crippen molar-refractivity contribution >= 4 is 23.6 Å². The van der Waals surface area contributed by atoms with Crippen LogP contribution in [0.4, 0.5) is 4.39 Å². The van der Waals surface area contributed by atoms with Gasteiger partial charge in [0.1, 0.15) is 5.82 Å². The second kappa shape index (κ2) is 8.22. The maximum atomic E-state index is 13.1. The Bertz CT molecular complexity index is 1000. The minimum absolute atomic E-state index is 0.141. The number of amides is 4. The van der Waals surface area contributed by atoms with Crippen molar-refractivity contribution in [3.8, 4) is 0 Å². The molecular weight excluding hydrogens is 377 g/mol. The lowest BCUT2D eigenvalue weighted by molar-refractivity contribution is 0.0608. The van der Waals surface area contributed by atoms with Crippen LogP contribution in [-0.4, -0.2) is 47.7 Å². The summed E-state index contributed by atoms with van der Waals surface area (Å²) in [5.74, 6) is -2.18. The van der Waals surface area contributed by atoms with Crippen molar-refractivity contribution in [3.05, 3.63) is 70.5 Å². The Morgan fingerprint density at radius 2 is 1.48 bits per heavy atom. The van der Waals surface area contributed by atoms with Crippen LogP contribution in [0.2, 0.25) is 0 Å². The smallest absolute Gasteiger partial charge is 0.261 e. The number of rotatable bonds is 6. The van der Waals surface area contributed by atoms with Crippen molar-refractivity contribution in [1.29, 1.82) is 0 Å². The Balaban J connectivity index is 1.57. The number of hydrogen-bond donors (Lipinski definition) is 2. The van der Waals surface area contributed by atoms with Gasteiger partial charge in [-0.2, -0.15) is 0 Å². The molecular formula is C21H20FN3O4. The first kappa shape index (κ1) is 20.2. The zero-order valence-corrected chi connectivity index (χ0v) is 16.0. The van der Waals surface area contributed by atoms with Crippen LogP contribution in [0.1, 0.15) is 55.3 Å². The van der Waals surface area contributed by atoms with Crippen molar-refractivity contribution in [3.63, 3.8) is 0 Å². The normalized spacial score (nSPS) is 12.9. The van der Waals surface area contributed by atoms with Crippen LogP contribution in [0.5, 0.6) is 0 Å². The standard InChI is InChI=1S/C21H20FN3O4/c1-12(2)25-20(28)16-7-6-14(11-17(16)21(25)29)19(27)24-9-8-23-18(26)13-4-3-5-15(22)10-13/h3-7,10-12H,8-9H2,1-2H3,(H,23,26)(H,24,27). The van der Waals surface area contributed by atoms with E-state index in [0.29, 0.717) is 0 Å². The molecule has 150 valence electrons. The Labute approximate surface area is 166 Å². The number of benzene rings is 2. The Morgan fingerprint density at radius 1 is 0.897 bits per heavy atom. The van der Waals surface area contributed by atoms with Gasteiger partial charge in [0.05, 0.1) is 11.1 Å². The fourth-order valence-electron chi connectivity index (χ4n) is 3.06. The van der Waals surface area contributed by atoms with Crippen LogP contribution < -0.4 is 10.6 Å². The van der Waals surface area contributed by atoms with Gasteiger partial charge in [0, 0.05) is 30.3 Å². The third-order valence-corrected chi connectivity index (χ3v) is 4.48. The summed E-state index contributed by atoms with van der Waals surface area (Å²) in [7, 11) is 0. The Hall–Kier alpha value is -3.55. The Kier molecular flexibility index (Phi) is 5.72. The molecule has 1 heterocycles. The van der Waals surface area contributed by atoms with E-state index in [1.165, 1.54) is 36.4 Å². The molecule has 0 fully saturated rings. The summed E-state index contributed by atoms with van der Waals surface area (Å²) in [6, 6.07) is 9.36. The summed E-state index contributed by atoms with van der Waals surface area (Å²) >= 11 is 0. The highest BCUT2D eigenvalue weighted by molar-refractivity contribution is 6.22. The molecule has 29 heavy (non-hydrogen) atoms. The second-order valence-corrected chi connectivity index (χ2v) is 6.86. The maximum absolute atomic E-state index is 13.1. The molecule has 0 saturated carbocycles. The van der Waals surface area contributed by atoms with Crippen LogP contribution in [0.15, 0.2) is 42.5 Å². The minimum Gasteiger partial charge on any atom is -0.350 e. The Morgan fingerprint density at radius 3 is 2.07 bits per heavy atom. The molecule has 3 rings (SSSR count). The molecule has 4 amide bonds. The van der Waals surface area contributed by atoms with Crippen LogP contribution in [0.3, 0.4) is 0 Å². The van der Waals surface area contributed by atoms with Crippen molar-refractivity contribution in [2.45, 2.75) is 19.9 Å². The van der Waals surface area contributed by atoms with Gasteiger partial charge in [0.2, 0.25) is 0 Å². The molecule has 7 nitrogen and oxygen atoms in total. The topological polar surface area (TPSA) is 95.6 Å². The van der Waals surface area contributed by atoms with E-state index < -0.39 is 23.5 Å². The summed E-state index contributed by atoms with van der Waals surface area (Å²) < 4.78 is 13.1. The molecule has 8 heteroatoms. The summed E-state index contributed by atoms with van der Waals surface area (Å²) in [6.45, 7) is 3.77. The average Bonchev–Trinajstić information content (AvgIpc) is 2.95. The minimum atomic E-state index is -0.508. The number of fused-ring (bicyclic) bond motifs is 1. The van der Waals surface area contributed by atoms with Gasteiger partial charge in [-0.15, -0.1) is 0 Å². The fraction of sp³-hybridized carbons (Fsp3) is 0.238. The van der Waals surface area contributed by atoms with Crippen LogP contribution in [0.25, 0.3) is 0 Å². The molecule has 0 saturated heterocycles. The highest BCUT2D eigenvalue weighted by Gasteiger charge is 2.37. The summed E-state index contributed by atoms with van der Waals surface area (Å²) in [6.07, 6.45) is 0. The lowest BCUT2D eigenvalue weighted by Gasteiger charge is -2.17. The number of nitrogens with zero attached hydrogens (tertiary/aromatic N) is 1. The number of carbonyl (C=O) groups excluding carboxylic acids is 4. The number of imide groups is 1. The van der Waals surface area contributed by atoms with E-state index in [1.807, 2.05) is 0 Å². The first-order valence-corrected chi connectivity index (χ1v) is 9.13. The number of nitrogens with one attached hydrogen (secondary N) is 2. The van der Waals surface area contributed by atoms with Crippen LogP contribution >= 0.6 is 0 Å². The van der Waals surface area contributed by atoms with Gasteiger partial charge < -0.3 is 10.6 Å². The third-order valence-electron chi connectivity index (χ3n) is 4.48. The molecule has 1 aliphatic heterocycles. The van der Waals surface area contributed by atoms with Crippen molar-refractivity contribution in [2.75, 3.05) is 13.1 Å². The van der Waals surface area contributed by atoms with E-state index in [2.05, 4.69) is 10.6 Å². The van der Waals surface area contributed by atoms with Gasteiger partial charge in [-0.05, 0) is 50.2 Å². The van der Waals surface area contributed by atoms with E-state index in [1.54, 1.807) is 13.8 Å². The summed E-state index contributed by atoms with van der Waals surface area (Å²) in [5, 5.41) is 5.21. The number of halogens is 1. The molecule has 0 bridgehead atoms. The third kappa shape index (κ3) is 4.16. The van der Waals surface area contributed by atoms with Gasteiger partial charge in [0.25, 0.3) is 23.6 Å². The molecule has 0 atom stereocenters. The lowest BCUT2D eigenvalue weighted by atomic mass is 10.1. The quantitative estimate of drug-likeness (QED) is 0.576. The number of carbonyl (C=O) groups is 4. The predicted octanol–water partition coefficient (Wildman–Crippen LogP) is 1.99. The largest absolute Gasteiger partial charge is 0.350 e. The van der Waals surface area contributed by atoms with Gasteiger partial charge in [0.15, 0.2) is 0 Å². The molecule has 0 radical (unpaired) electrons. The zero-order chi connectivity index (χ0) is 21.1. The first-order valence-electron chi connectivity index (χ1n) is 9.13. The molecule has 0 aliphatic carbocycles. The lowest BCUT2D eigenvalue weighted by Crippen LogP contribution is -2.36. The molecule has 0 aromatic heterocycles. The van der Waals surface area contributed by atoms with Gasteiger partial charge in [-0.3, -0.25) is 24.1 Å². The second-order valence-electron chi connectivity index (χ2n) is 6.86. The molecule has 2 aromatic rings. The number of hydrogen-bond acceptors (Lipinski definition) is 4. The molecule has 0 spiro atoms. The van der Waals surface area contributed by atoms with Crippen molar-refractivity contribution in [1.82, 2.24) is 15.5 Å². The van der Waals surface area contributed by atoms with E-state index in [0.717, 1.165) is 11.0 Å². The molecule has 2 N–H and O–H groups in total. The SMILES string of the molecule is CC(C)N1C(=O)c2ccc(C(=O)NCCNC(=O)c3cccc(F)c3)cc2C1=O. The van der Waals surface area contributed by atoms with Gasteiger partial charge >= 0.3 is 0 Å². The van der Waals surface area contributed by atoms with Crippen LogP contribution in [-0.2, 0) is 0 Å². The molecule has 1 aliphatic rings. The zero-order valence-electron chi connectivity index (χ0n) is 16.0.